The average molecular weight is 357 g/mol. The van der Waals surface area contributed by atoms with Crippen LogP contribution in [0, 0.1) is 6.92 Å². The lowest BCUT2D eigenvalue weighted by Gasteiger charge is -2.33. The van der Waals surface area contributed by atoms with Crippen LogP contribution in [0.15, 0.2) is 30.3 Å². The molecule has 1 aliphatic rings. The summed E-state index contributed by atoms with van der Waals surface area (Å²) in [6.45, 7) is 6.08. The van der Waals surface area contributed by atoms with E-state index in [1.807, 2.05) is 35.7 Å². The van der Waals surface area contributed by atoms with Crippen LogP contribution in [0.3, 0.4) is 0 Å². The summed E-state index contributed by atoms with van der Waals surface area (Å²) < 4.78 is 1.88. The summed E-state index contributed by atoms with van der Waals surface area (Å²) in [6, 6.07) is 9.90. The van der Waals surface area contributed by atoms with Crippen LogP contribution < -0.4 is 4.90 Å². The highest BCUT2D eigenvalue weighted by Gasteiger charge is 2.19. The number of nitrogens with zero attached hydrogens (tertiary/aromatic N) is 6. The predicted octanol–water partition coefficient (Wildman–Crippen LogP) is 2.43. The predicted molar refractivity (Wildman–Crippen MR) is 99.5 cm³/mol. The first kappa shape index (κ1) is 16.3. The summed E-state index contributed by atoms with van der Waals surface area (Å²) in [5, 5.41) is 5.46. The minimum atomic E-state index is 0.665. The van der Waals surface area contributed by atoms with E-state index in [2.05, 4.69) is 32.9 Å². The van der Waals surface area contributed by atoms with Crippen molar-refractivity contribution in [3.63, 3.8) is 0 Å². The standard InChI is InChI=1S/C18H21ClN6/c1-13-11-17(24-9-7-23(2)8-10-24)25-18(20-13)21-16(22-25)12-14-3-5-15(19)6-4-14/h3-6,11H,7-10,12H2,1-2H3. The van der Waals surface area contributed by atoms with E-state index in [0.717, 1.165) is 54.1 Å². The van der Waals surface area contributed by atoms with E-state index in [-0.39, 0.29) is 0 Å². The Bertz CT molecular complexity index is 880. The van der Waals surface area contributed by atoms with E-state index >= 15 is 0 Å². The third-order valence-corrected chi connectivity index (χ3v) is 4.82. The Morgan fingerprint density at radius 3 is 2.48 bits per heavy atom. The molecule has 0 N–H and O–H groups in total. The van der Waals surface area contributed by atoms with Crippen molar-refractivity contribution >= 4 is 23.2 Å². The number of hydrogen-bond donors (Lipinski definition) is 0. The second kappa shape index (κ2) is 6.61. The molecule has 0 bridgehead atoms. The van der Waals surface area contributed by atoms with Gasteiger partial charge in [-0.1, -0.05) is 23.7 Å². The molecule has 4 rings (SSSR count). The Hall–Kier alpha value is -2.18. The third kappa shape index (κ3) is 3.45. The first-order valence-corrected chi connectivity index (χ1v) is 8.87. The van der Waals surface area contributed by atoms with Gasteiger partial charge in [0.1, 0.15) is 5.82 Å². The number of aromatic nitrogens is 4. The van der Waals surface area contributed by atoms with Gasteiger partial charge in [0, 0.05) is 49.4 Å². The SMILES string of the molecule is Cc1cc(N2CCN(C)CC2)n2nc(Cc3ccc(Cl)cc3)nc2n1. The van der Waals surface area contributed by atoms with Gasteiger partial charge < -0.3 is 9.80 Å². The molecule has 0 spiro atoms. The van der Waals surface area contributed by atoms with Crippen LogP contribution in [0.4, 0.5) is 5.82 Å². The molecule has 7 heteroatoms. The second-order valence-corrected chi connectivity index (χ2v) is 7.03. The highest BCUT2D eigenvalue weighted by atomic mass is 35.5. The molecular formula is C18H21ClN6. The molecule has 3 aromatic rings. The molecular weight excluding hydrogens is 336 g/mol. The number of hydrogen-bond acceptors (Lipinski definition) is 5. The summed E-state index contributed by atoms with van der Waals surface area (Å²) in [5.74, 6) is 2.51. The van der Waals surface area contributed by atoms with Crippen molar-refractivity contribution < 1.29 is 0 Å². The van der Waals surface area contributed by atoms with E-state index in [1.54, 1.807) is 0 Å². The minimum absolute atomic E-state index is 0.665. The van der Waals surface area contributed by atoms with Gasteiger partial charge >= 0.3 is 0 Å². The Labute approximate surface area is 152 Å². The Kier molecular flexibility index (Phi) is 4.31. The zero-order valence-corrected chi connectivity index (χ0v) is 15.2. The van der Waals surface area contributed by atoms with Gasteiger partial charge in [-0.3, -0.25) is 0 Å². The molecule has 130 valence electrons. The van der Waals surface area contributed by atoms with Gasteiger partial charge in [-0.15, -0.1) is 5.10 Å². The van der Waals surface area contributed by atoms with Crippen LogP contribution >= 0.6 is 11.6 Å². The number of rotatable bonds is 3. The van der Waals surface area contributed by atoms with Crippen LogP contribution in [0.1, 0.15) is 17.1 Å². The normalized spacial score (nSPS) is 15.9. The molecule has 0 radical (unpaired) electrons. The lowest BCUT2D eigenvalue weighted by Crippen LogP contribution is -2.45. The van der Waals surface area contributed by atoms with Crippen LogP contribution in [0.5, 0.6) is 0 Å². The van der Waals surface area contributed by atoms with Crippen LogP contribution in [-0.2, 0) is 6.42 Å². The quantitative estimate of drug-likeness (QED) is 0.721. The van der Waals surface area contributed by atoms with Crippen molar-refractivity contribution in [2.45, 2.75) is 13.3 Å². The van der Waals surface area contributed by atoms with Gasteiger partial charge in [0.05, 0.1) is 0 Å². The smallest absolute Gasteiger partial charge is 0.254 e. The van der Waals surface area contributed by atoms with Crippen molar-refractivity contribution in [1.29, 1.82) is 0 Å². The van der Waals surface area contributed by atoms with Crippen molar-refractivity contribution in [1.82, 2.24) is 24.5 Å². The highest BCUT2D eigenvalue weighted by molar-refractivity contribution is 6.30. The molecule has 3 heterocycles. The number of piperazine rings is 1. The van der Waals surface area contributed by atoms with Crippen molar-refractivity contribution in [2.24, 2.45) is 0 Å². The highest BCUT2D eigenvalue weighted by Crippen LogP contribution is 2.19. The van der Waals surface area contributed by atoms with Crippen LogP contribution in [0.2, 0.25) is 5.02 Å². The molecule has 0 aliphatic carbocycles. The lowest BCUT2D eigenvalue weighted by atomic mass is 10.1. The van der Waals surface area contributed by atoms with Gasteiger partial charge in [0.2, 0.25) is 0 Å². The molecule has 1 saturated heterocycles. The van der Waals surface area contributed by atoms with Crippen LogP contribution in [-0.4, -0.2) is 57.7 Å². The number of aryl methyl sites for hydroxylation is 1. The average Bonchev–Trinajstić information content (AvgIpc) is 2.99. The molecule has 1 aliphatic heterocycles. The fourth-order valence-corrected chi connectivity index (χ4v) is 3.26. The zero-order chi connectivity index (χ0) is 17.4. The van der Waals surface area contributed by atoms with E-state index in [0.29, 0.717) is 12.2 Å². The Morgan fingerprint density at radius 1 is 1.04 bits per heavy atom. The molecule has 1 fully saturated rings. The summed E-state index contributed by atoms with van der Waals surface area (Å²) >= 11 is 5.96. The molecule has 0 atom stereocenters. The minimum Gasteiger partial charge on any atom is -0.354 e. The van der Waals surface area contributed by atoms with E-state index in [4.69, 9.17) is 16.7 Å². The van der Waals surface area contributed by atoms with Crippen molar-refractivity contribution in [3.8, 4) is 0 Å². The maximum absolute atomic E-state index is 5.96. The molecule has 2 aromatic heterocycles. The van der Waals surface area contributed by atoms with Crippen LogP contribution in [0.25, 0.3) is 5.78 Å². The molecule has 0 amide bonds. The first-order chi connectivity index (χ1) is 12.1. The summed E-state index contributed by atoms with van der Waals surface area (Å²) in [6.07, 6.45) is 0.668. The van der Waals surface area contributed by atoms with E-state index in [9.17, 15) is 0 Å². The molecule has 25 heavy (non-hydrogen) atoms. The topological polar surface area (TPSA) is 49.6 Å². The second-order valence-electron chi connectivity index (χ2n) is 6.59. The Morgan fingerprint density at radius 2 is 1.76 bits per heavy atom. The number of fused-ring (bicyclic) bond motifs is 1. The first-order valence-electron chi connectivity index (χ1n) is 8.50. The third-order valence-electron chi connectivity index (χ3n) is 4.57. The number of halogens is 1. The monoisotopic (exact) mass is 356 g/mol. The van der Waals surface area contributed by atoms with Gasteiger partial charge in [-0.2, -0.15) is 9.50 Å². The fraction of sp³-hybridized carbons (Fsp3) is 0.389. The maximum Gasteiger partial charge on any atom is 0.254 e. The maximum atomic E-state index is 5.96. The summed E-state index contributed by atoms with van der Waals surface area (Å²) in [4.78, 5) is 13.9. The zero-order valence-electron chi connectivity index (χ0n) is 14.5. The lowest BCUT2D eigenvalue weighted by molar-refractivity contribution is 0.311. The van der Waals surface area contributed by atoms with E-state index < -0.39 is 0 Å². The molecule has 0 unspecified atom stereocenters. The Balaban J connectivity index is 1.67. The summed E-state index contributed by atoms with van der Waals surface area (Å²) in [7, 11) is 2.16. The van der Waals surface area contributed by atoms with Gasteiger partial charge in [-0.05, 0) is 31.7 Å². The van der Waals surface area contributed by atoms with Gasteiger partial charge in [0.15, 0.2) is 5.82 Å². The number of anilines is 1. The van der Waals surface area contributed by atoms with E-state index in [1.165, 1.54) is 0 Å². The molecule has 6 nitrogen and oxygen atoms in total. The number of likely N-dealkylation sites (N-methyl/N-ethyl adjacent to an activating group) is 1. The fourth-order valence-electron chi connectivity index (χ4n) is 3.13. The largest absolute Gasteiger partial charge is 0.354 e. The van der Waals surface area contributed by atoms with Gasteiger partial charge in [0.25, 0.3) is 5.78 Å². The van der Waals surface area contributed by atoms with Crippen molar-refractivity contribution in [2.75, 3.05) is 38.1 Å². The molecule has 1 aromatic carbocycles. The number of benzene rings is 1. The molecule has 0 saturated carbocycles. The van der Waals surface area contributed by atoms with Gasteiger partial charge in [-0.25, -0.2) is 4.98 Å². The van der Waals surface area contributed by atoms with Crippen molar-refractivity contribution in [3.05, 3.63) is 52.4 Å². The summed E-state index contributed by atoms with van der Waals surface area (Å²) in [5.41, 5.74) is 2.10.